The molecule has 1 unspecified atom stereocenters. The van der Waals surface area contributed by atoms with Gasteiger partial charge in [-0.3, -0.25) is 4.79 Å². The fourth-order valence-electron chi connectivity index (χ4n) is 2.56. The number of rotatable bonds is 5. The maximum Gasteiger partial charge on any atom is 0.311 e. The molecule has 0 N–H and O–H groups in total. The van der Waals surface area contributed by atoms with Gasteiger partial charge in [0.05, 0.1) is 11.5 Å². The quantitative estimate of drug-likeness (QED) is 0.462. The highest BCUT2D eigenvalue weighted by atomic mass is 16.5. The molecule has 0 fully saturated rings. The van der Waals surface area contributed by atoms with Crippen LogP contribution in [0.3, 0.4) is 0 Å². The Morgan fingerprint density at radius 2 is 1.24 bits per heavy atom. The van der Waals surface area contributed by atoms with Crippen LogP contribution in [-0.2, 0) is 20.4 Å². The molecule has 0 saturated heterocycles. The summed E-state index contributed by atoms with van der Waals surface area (Å²) in [6, 6.07) is 7.21. The van der Waals surface area contributed by atoms with Crippen LogP contribution in [0.15, 0.2) is 18.2 Å². The maximum absolute atomic E-state index is 11.3. The van der Waals surface area contributed by atoms with E-state index in [-0.39, 0.29) is 28.3 Å². The average Bonchev–Trinajstić information content (AvgIpc) is 2.59. The van der Waals surface area contributed by atoms with Gasteiger partial charge in [-0.15, -0.1) is 0 Å². The number of hydrogen-bond acceptors (Lipinski definition) is 2. The van der Waals surface area contributed by atoms with Crippen LogP contribution >= 0.6 is 0 Å². The largest absolute Gasteiger partial charge is 0.463 e. The third kappa shape index (κ3) is 9.36. The fourth-order valence-corrected chi connectivity index (χ4v) is 2.56. The normalized spacial score (nSPS) is 13.6. The van der Waals surface area contributed by atoms with Gasteiger partial charge in [0.25, 0.3) is 0 Å². The minimum absolute atomic E-state index is 0.00618. The highest BCUT2D eigenvalue weighted by Crippen LogP contribution is 2.33. The summed E-state index contributed by atoms with van der Waals surface area (Å²) in [6.07, 6.45) is 2.02. The molecule has 1 aromatic rings. The molecule has 0 aliphatic rings. The Bertz CT molecular complexity index is 607. The van der Waals surface area contributed by atoms with Crippen molar-refractivity contribution in [3.05, 3.63) is 34.9 Å². The molecule has 1 atom stereocenters. The number of carbonyl (C=O) groups is 1. The van der Waals surface area contributed by atoms with Crippen molar-refractivity contribution in [3.8, 4) is 0 Å². The predicted molar refractivity (Wildman–Crippen MR) is 128 cm³/mol. The summed E-state index contributed by atoms with van der Waals surface area (Å²) in [5, 5.41) is 0. The minimum atomic E-state index is -0.329. The first kappa shape index (κ1) is 27.7. The summed E-state index contributed by atoms with van der Waals surface area (Å²) in [4.78, 5) is 11.3. The van der Waals surface area contributed by atoms with Crippen molar-refractivity contribution >= 4 is 5.97 Å². The van der Waals surface area contributed by atoms with Gasteiger partial charge in [0.1, 0.15) is 0 Å². The van der Waals surface area contributed by atoms with Gasteiger partial charge in [0.2, 0.25) is 0 Å². The first-order valence-corrected chi connectivity index (χ1v) is 11.3. The Balaban J connectivity index is 0.000000614. The van der Waals surface area contributed by atoms with Crippen LogP contribution in [0.4, 0.5) is 0 Å². The molecule has 2 heteroatoms. The first-order valence-electron chi connectivity index (χ1n) is 11.3. The van der Waals surface area contributed by atoms with Crippen LogP contribution in [0.1, 0.15) is 125 Å². The lowest BCUT2D eigenvalue weighted by atomic mass is 9.78. The molecule has 0 saturated carbocycles. The smallest absolute Gasteiger partial charge is 0.311 e. The molecular formula is C27H48O2. The van der Waals surface area contributed by atoms with Gasteiger partial charge < -0.3 is 4.74 Å². The Morgan fingerprint density at radius 3 is 1.52 bits per heavy atom. The molecule has 0 aromatic heterocycles. The number of benzene rings is 1. The average molecular weight is 405 g/mol. The zero-order valence-corrected chi connectivity index (χ0v) is 21.6. The van der Waals surface area contributed by atoms with E-state index in [1.54, 1.807) is 0 Å². The molecular weight excluding hydrogens is 356 g/mol. The van der Waals surface area contributed by atoms with Gasteiger partial charge in [0, 0.05) is 0 Å². The maximum atomic E-state index is 11.3. The lowest BCUT2D eigenvalue weighted by Crippen LogP contribution is -2.28. The van der Waals surface area contributed by atoms with Crippen molar-refractivity contribution in [1.82, 2.24) is 0 Å². The van der Waals surface area contributed by atoms with E-state index in [9.17, 15) is 4.79 Å². The van der Waals surface area contributed by atoms with Gasteiger partial charge in [-0.2, -0.15) is 0 Å². The van der Waals surface area contributed by atoms with E-state index in [1.807, 2.05) is 34.6 Å². The van der Waals surface area contributed by atoms with E-state index in [4.69, 9.17) is 4.74 Å². The van der Waals surface area contributed by atoms with Crippen molar-refractivity contribution in [3.63, 3.8) is 0 Å². The molecule has 0 aliphatic heterocycles. The molecule has 1 rings (SSSR count). The third-order valence-corrected chi connectivity index (χ3v) is 5.65. The summed E-state index contributed by atoms with van der Waals surface area (Å²) in [5.41, 5.74) is 4.54. The zero-order chi connectivity index (χ0) is 23.2. The Kier molecular flexibility index (Phi) is 10.2. The third-order valence-electron chi connectivity index (χ3n) is 5.65. The second kappa shape index (κ2) is 10.6. The van der Waals surface area contributed by atoms with Gasteiger partial charge >= 0.3 is 5.97 Å². The number of carbonyl (C=O) groups excluding carboxylic acids is 1. The Morgan fingerprint density at radius 1 is 0.828 bits per heavy atom. The van der Waals surface area contributed by atoms with Gasteiger partial charge in [-0.05, 0) is 74.0 Å². The summed E-state index contributed by atoms with van der Waals surface area (Å²) >= 11 is 0. The summed E-state index contributed by atoms with van der Waals surface area (Å²) in [7, 11) is 0. The van der Waals surface area contributed by atoms with E-state index < -0.39 is 0 Å². The van der Waals surface area contributed by atoms with Gasteiger partial charge in [-0.25, -0.2) is 0 Å². The molecule has 168 valence electrons. The number of hydrogen-bond donors (Lipinski definition) is 0. The topological polar surface area (TPSA) is 26.3 Å². The summed E-state index contributed by atoms with van der Waals surface area (Å²) in [6.45, 7) is 27.9. The molecule has 0 spiro atoms. The molecule has 1 aromatic carbocycles. The SMILES string of the molecule is CCC(C)(C)C(=O)OC(C)C.CCC(C)c1cc(C(C)(C)C)cc(C(C)(C)C)c1. The highest BCUT2D eigenvalue weighted by molar-refractivity contribution is 5.75. The van der Waals surface area contributed by atoms with Crippen molar-refractivity contribution < 1.29 is 9.53 Å². The van der Waals surface area contributed by atoms with Crippen molar-refractivity contribution in [1.29, 1.82) is 0 Å². The van der Waals surface area contributed by atoms with Crippen molar-refractivity contribution in [2.45, 2.75) is 126 Å². The molecule has 0 radical (unpaired) electrons. The Labute approximate surface area is 181 Å². The summed E-state index contributed by atoms with van der Waals surface area (Å²) in [5.74, 6) is 0.545. The second-order valence-corrected chi connectivity index (χ2v) is 11.3. The number of esters is 1. The van der Waals surface area contributed by atoms with Crippen LogP contribution in [0, 0.1) is 5.41 Å². The van der Waals surface area contributed by atoms with E-state index in [0.717, 1.165) is 6.42 Å². The van der Waals surface area contributed by atoms with Crippen LogP contribution in [-0.4, -0.2) is 12.1 Å². The molecule has 0 bridgehead atoms. The van der Waals surface area contributed by atoms with Gasteiger partial charge in [0.15, 0.2) is 0 Å². The molecule has 0 amide bonds. The van der Waals surface area contributed by atoms with E-state index >= 15 is 0 Å². The van der Waals surface area contributed by atoms with E-state index in [2.05, 4.69) is 73.6 Å². The zero-order valence-electron chi connectivity index (χ0n) is 21.6. The van der Waals surface area contributed by atoms with Crippen LogP contribution in [0.25, 0.3) is 0 Å². The lowest BCUT2D eigenvalue weighted by Gasteiger charge is -2.27. The predicted octanol–water partition coefficient (Wildman–Crippen LogP) is 8.17. The summed E-state index contributed by atoms with van der Waals surface area (Å²) < 4.78 is 5.07. The van der Waals surface area contributed by atoms with Gasteiger partial charge in [-0.1, -0.05) is 80.5 Å². The molecule has 2 nitrogen and oxygen atoms in total. The fraction of sp³-hybridized carbons (Fsp3) is 0.741. The van der Waals surface area contributed by atoms with E-state index in [0.29, 0.717) is 5.92 Å². The molecule has 0 aliphatic carbocycles. The second-order valence-electron chi connectivity index (χ2n) is 11.3. The van der Waals surface area contributed by atoms with Crippen molar-refractivity contribution in [2.75, 3.05) is 0 Å². The van der Waals surface area contributed by atoms with Crippen molar-refractivity contribution in [2.24, 2.45) is 5.41 Å². The minimum Gasteiger partial charge on any atom is -0.463 e. The van der Waals surface area contributed by atoms with Crippen LogP contribution < -0.4 is 0 Å². The Hall–Kier alpha value is -1.31. The number of ether oxygens (including phenoxy) is 1. The molecule has 0 heterocycles. The monoisotopic (exact) mass is 404 g/mol. The van der Waals surface area contributed by atoms with Crippen LogP contribution in [0.2, 0.25) is 0 Å². The lowest BCUT2D eigenvalue weighted by molar-refractivity contribution is -0.158. The standard InChI is InChI=1S/C18H30.C9H18O2/c1-9-13(2)14-10-15(17(3,4)5)12-16(11-14)18(6,7)8;1-6-9(4,5)8(10)11-7(2)3/h10-13H,9H2,1-8H3;7H,6H2,1-5H3. The highest BCUT2D eigenvalue weighted by Gasteiger charge is 2.27. The van der Waals surface area contributed by atoms with Crippen LogP contribution in [0.5, 0.6) is 0 Å². The van der Waals surface area contributed by atoms with E-state index in [1.165, 1.54) is 23.1 Å². The first-order chi connectivity index (χ1) is 13.0. The molecule has 29 heavy (non-hydrogen) atoms.